The van der Waals surface area contributed by atoms with Gasteiger partial charge in [0, 0.05) is 19.4 Å². The minimum Gasteiger partial charge on any atom is -0.352 e. The van der Waals surface area contributed by atoms with Gasteiger partial charge < -0.3 is 10.3 Å². The summed E-state index contributed by atoms with van der Waals surface area (Å²) in [4.78, 5) is 19.7. The fourth-order valence-corrected chi connectivity index (χ4v) is 2.54. The van der Waals surface area contributed by atoms with E-state index in [2.05, 4.69) is 34.3 Å². The van der Waals surface area contributed by atoms with Gasteiger partial charge in [-0.1, -0.05) is 42.0 Å². The number of nitrogens with one attached hydrogen (secondary N) is 2. The molecule has 0 radical (unpaired) electrons. The molecule has 2 aromatic carbocycles. The molecule has 0 aliphatic carbocycles. The summed E-state index contributed by atoms with van der Waals surface area (Å²) in [6.07, 6.45) is 2.09. The summed E-state index contributed by atoms with van der Waals surface area (Å²) < 4.78 is 0. The third-order valence-corrected chi connectivity index (χ3v) is 3.87. The van der Waals surface area contributed by atoms with Crippen LogP contribution in [-0.4, -0.2) is 15.9 Å². The predicted molar refractivity (Wildman–Crippen MR) is 92.1 cm³/mol. The molecule has 1 amide bonds. The first kappa shape index (κ1) is 15.3. The molecule has 0 aliphatic heterocycles. The van der Waals surface area contributed by atoms with Crippen molar-refractivity contribution in [3.8, 4) is 0 Å². The zero-order valence-electron chi connectivity index (χ0n) is 13.3. The van der Waals surface area contributed by atoms with Gasteiger partial charge in [-0.25, -0.2) is 4.98 Å². The molecular weight excluding hydrogens is 286 g/mol. The molecule has 4 heteroatoms. The van der Waals surface area contributed by atoms with E-state index < -0.39 is 0 Å². The molecule has 0 bridgehead atoms. The third-order valence-electron chi connectivity index (χ3n) is 3.87. The molecule has 3 rings (SSSR count). The number of benzene rings is 2. The van der Waals surface area contributed by atoms with Gasteiger partial charge in [0.2, 0.25) is 5.91 Å². The molecular formula is C19H21N3O. The number of hydrogen-bond donors (Lipinski definition) is 2. The number of hydrogen-bond acceptors (Lipinski definition) is 2. The summed E-state index contributed by atoms with van der Waals surface area (Å²) in [5.41, 5.74) is 4.38. The Bertz CT molecular complexity index is 757. The average molecular weight is 307 g/mol. The van der Waals surface area contributed by atoms with Crippen molar-refractivity contribution < 1.29 is 4.79 Å². The van der Waals surface area contributed by atoms with E-state index in [1.165, 1.54) is 5.56 Å². The average Bonchev–Trinajstić information content (AvgIpc) is 2.97. The first-order valence-corrected chi connectivity index (χ1v) is 7.96. The van der Waals surface area contributed by atoms with Gasteiger partial charge in [-0.15, -0.1) is 0 Å². The Morgan fingerprint density at radius 2 is 1.91 bits per heavy atom. The monoisotopic (exact) mass is 307 g/mol. The molecule has 118 valence electrons. The molecule has 4 nitrogen and oxygen atoms in total. The number of para-hydroxylation sites is 2. The van der Waals surface area contributed by atoms with Gasteiger partial charge in [0.15, 0.2) is 0 Å². The van der Waals surface area contributed by atoms with Crippen LogP contribution < -0.4 is 5.32 Å². The number of aromatic amines is 1. The standard InChI is InChI=1S/C19H21N3O/c1-14-9-11-15(12-10-14)13-20-19(23)8-4-7-18-21-16-5-2-3-6-17(16)22-18/h2-3,5-6,9-12H,4,7-8,13H2,1H3,(H,20,23)(H,21,22). The molecule has 1 heterocycles. The van der Waals surface area contributed by atoms with Crippen LogP contribution in [0.25, 0.3) is 11.0 Å². The van der Waals surface area contributed by atoms with Gasteiger partial charge in [-0.3, -0.25) is 4.79 Å². The summed E-state index contributed by atoms with van der Waals surface area (Å²) in [6.45, 7) is 2.64. The molecule has 0 saturated carbocycles. The predicted octanol–water partition coefficient (Wildman–Crippen LogP) is 3.51. The summed E-state index contributed by atoms with van der Waals surface area (Å²) in [7, 11) is 0. The van der Waals surface area contributed by atoms with Crippen molar-refractivity contribution >= 4 is 16.9 Å². The lowest BCUT2D eigenvalue weighted by atomic mass is 10.1. The molecule has 2 N–H and O–H groups in total. The molecule has 0 spiro atoms. The normalized spacial score (nSPS) is 10.8. The van der Waals surface area contributed by atoms with E-state index >= 15 is 0 Å². The van der Waals surface area contributed by atoms with E-state index in [0.717, 1.165) is 35.3 Å². The van der Waals surface area contributed by atoms with Crippen LogP contribution in [0.5, 0.6) is 0 Å². The molecule has 0 fully saturated rings. The molecule has 3 aromatic rings. The number of aromatic nitrogens is 2. The van der Waals surface area contributed by atoms with Crippen LogP contribution in [0.2, 0.25) is 0 Å². The molecule has 0 unspecified atom stereocenters. The maximum atomic E-state index is 11.9. The molecule has 23 heavy (non-hydrogen) atoms. The summed E-state index contributed by atoms with van der Waals surface area (Å²) in [6, 6.07) is 16.2. The lowest BCUT2D eigenvalue weighted by Crippen LogP contribution is -2.22. The van der Waals surface area contributed by atoms with E-state index in [4.69, 9.17) is 0 Å². The minimum absolute atomic E-state index is 0.0849. The number of aryl methyl sites for hydroxylation is 2. The summed E-state index contributed by atoms with van der Waals surface area (Å²) in [5.74, 6) is 1.03. The molecule has 0 aliphatic rings. The van der Waals surface area contributed by atoms with E-state index in [9.17, 15) is 4.79 Å². The van der Waals surface area contributed by atoms with Gasteiger partial charge in [-0.2, -0.15) is 0 Å². The summed E-state index contributed by atoms with van der Waals surface area (Å²) >= 11 is 0. The SMILES string of the molecule is Cc1ccc(CNC(=O)CCCc2nc3ccccc3[nH]2)cc1. The number of carbonyl (C=O) groups excluding carboxylic acids is 1. The van der Waals surface area contributed by atoms with Gasteiger partial charge >= 0.3 is 0 Å². The van der Waals surface area contributed by atoms with Crippen molar-refractivity contribution in [3.05, 3.63) is 65.5 Å². The quantitative estimate of drug-likeness (QED) is 0.732. The Morgan fingerprint density at radius 1 is 1.13 bits per heavy atom. The fourth-order valence-electron chi connectivity index (χ4n) is 2.54. The third kappa shape index (κ3) is 4.19. The van der Waals surface area contributed by atoms with Crippen molar-refractivity contribution in [2.75, 3.05) is 0 Å². The number of nitrogens with zero attached hydrogens (tertiary/aromatic N) is 1. The van der Waals surface area contributed by atoms with Crippen LogP contribution in [-0.2, 0) is 17.8 Å². The number of amides is 1. The van der Waals surface area contributed by atoms with Crippen LogP contribution in [0.15, 0.2) is 48.5 Å². The molecule has 0 saturated heterocycles. The number of rotatable bonds is 6. The summed E-state index contributed by atoms with van der Waals surface area (Å²) in [5, 5.41) is 2.96. The smallest absolute Gasteiger partial charge is 0.220 e. The number of imidazole rings is 1. The highest BCUT2D eigenvalue weighted by atomic mass is 16.1. The van der Waals surface area contributed by atoms with Crippen LogP contribution in [0, 0.1) is 6.92 Å². The lowest BCUT2D eigenvalue weighted by molar-refractivity contribution is -0.121. The highest BCUT2D eigenvalue weighted by molar-refractivity contribution is 5.76. The van der Waals surface area contributed by atoms with E-state index in [1.807, 2.05) is 36.4 Å². The van der Waals surface area contributed by atoms with Crippen LogP contribution >= 0.6 is 0 Å². The van der Waals surface area contributed by atoms with Crippen LogP contribution in [0.4, 0.5) is 0 Å². The van der Waals surface area contributed by atoms with Crippen molar-refractivity contribution in [1.29, 1.82) is 0 Å². The van der Waals surface area contributed by atoms with Gasteiger partial charge in [0.25, 0.3) is 0 Å². The zero-order valence-corrected chi connectivity index (χ0v) is 13.3. The topological polar surface area (TPSA) is 57.8 Å². The zero-order chi connectivity index (χ0) is 16.1. The molecule has 0 atom stereocenters. The van der Waals surface area contributed by atoms with Crippen molar-refractivity contribution in [1.82, 2.24) is 15.3 Å². The lowest BCUT2D eigenvalue weighted by Gasteiger charge is -2.05. The Morgan fingerprint density at radius 3 is 2.70 bits per heavy atom. The Labute approximate surface area is 136 Å². The van der Waals surface area contributed by atoms with Crippen molar-refractivity contribution in [2.45, 2.75) is 32.7 Å². The van der Waals surface area contributed by atoms with Gasteiger partial charge in [0.1, 0.15) is 5.82 Å². The highest BCUT2D eigenvalue weighted by Crippen LogP contribution is 2.12. The highest BCUT2D eigenvalue weighted by Gasteiger charge is 2.05. The Balaban J connectivity index is 1.43. The maximum absolute atomic E-state index is 11.9. The van der Waals surface area contributed by atoms with Crippen molar-refractivity contribution in [3.63, 3.8) is 0 Å². The first-order valence-electron chi connectivity index (χ1n) is 7.96. The van der Waals surface area contributed by atoms with Crippen molar-refractivity contribution in [2.24, 2.45) is 0 Å². The Hall–Kier alpha value is -2.62. The fraction of sp³-hybridized carbons (Fsp3) is 0.263. The number of H-pyrrole nitrogens is 1. The first-order chi connectivity index (χ1) is 11.2. The van der Waals surface area contributed by atoms with E-state index in [0.29, 0.717) is 13.0 Å². The largest absolute Gasteiger partial charge is 0.352 e. The number of carbonyl (C=O) groups is 1. The minimum atomic E-state index is 0.0849. The van der Waals surface area contributed by atoms with E-state index in [1.54, 1.807) is 0 Å². The Kier molecular flexibility index (Phi) is 4.71. The number of fused-ring (bicyclic) bond motifs is 1. The maximum Gasteiger partial charge on any atom is 0.220 e. The second-order valence-corrected chi connectivity index (χ2v) is 5.82. The second-order valence-electron chi connectivity index (χ2n) is 5.82. The van der Waals surface area contributed by atoms with Crippen LogP contribution in [0.1, 0.15) is 29.8 Å². The molecule has 1 aromatic heterocycles. The van der Waals surface area contributed by atoms with E-state index in [-0.39, 0.29) is 5.91 Å². The van der Waals surface area contributed by atoms with Gasteiger partial charge in [0.05, 0.1) is 11.0 Å². The van der Waals surface area contributed by atoms with Crippen LogP contribution in [0.3, 0.4) is 0 Å². The van der Waals surface area contributed by atoms with Gasteiger partial charge in [-0.05, 0) is 31.0 Å². The second kappa shape index (κ2) is 7.09.